The summed E-state index contributed by atoms with van der Waals surface area (Å²) in [5, 5.41) is 3.88. The molecule has 1 heterocycles. The lowest BCUT2D eigenvalue weighted by molar-refractivity contribution is 0.0567. The van der Waals surface area contributed by atoms with Crippen LogP contribution >= 0.6 is 23.2 Å². The zero-order valence-corrected chi connectivity index (χ0v) is 11.8. The molecule has 19 heavy (non-hydrogen) atoms. The molecule has 6 heteroatoms. The Bertz CT molecular complexity index is 622. The third-order valence-corrected chi connectivity index (χ3v) is 3.13. The molecule has 0 atom stereocenters. The van der Waals surface area contributed by atoms with Gasteiger partial charge in [-0.2, -0.15) is 0 Å². The standard InChI is InChI=1S/C13H11Cl2NO3/c1-16-10-6-11(19-12(10)13(17)18-2)8-5-7(14)3-4-9(8)15/h3-6,16H,1-2H3. The molecule has 0 spiro atoms. The summed E-state index contributed by atoms with van der Waals surface area (Å²) in [7, 11) is 2.97. The van der Waals surface area contributed by atoms with Crippen molar-refractivity contribution in [3.63, 3.8) is 0 Å². The summed E-state index contributed by atoms with van der Waals surface area (Å²) in [6.07, 6.45) is 0. The summed E-state index contributed by atoms with van der Waals surface area (Å²) in [6.45, 7) is 0. The zero-order chi connectivity index (χ0) is 14.0. The molecule has 1 N–H and O–H groups in total. The average molecular weight is 300 g/mol. The molecule has 0 saturated carbocycles. The van der Waals surface area contributed by atoms with Crippen LogP contribution in [0.5, 0.6) is 0 Å². The minimum atomic E-state index is -0.561. The third-order valence-electron chi connectivity index (χ3n) is 2.57. The Balaban J connectivity index is 2.54. The van der Waals surface area contributed by atoms with E-state index in [1.807, 2.05) is 0 Å². The number of hydrogen-bond donors (Lipinski definition) is 1. The molecular weight excluding hydrogens is 289 g/mol. The second-order valence-corrected chi connectivity index (χ2v) is 4.56. The average Bonchev–Trinajstić information content (AvgIpc) is 2.84. The highest BCUT2D eigenvalue weighted by Gasteiger charge is 2.20. The molecule has 0 fully saturated rings. The van der Waals surface area contributed by atoms with E-state index in [1.165, 1.54) is 7.11 Å². The molecule has 1 aromatic heterocycles. The number of furan rings is 1. The van der Waals surface area contributed by atoms with Crippen molar-refractivity contribution in [1.82, 2.24) is 0 Å². The number of carbonyl (C=O) groups is 1. The Hall–Kier alpha value is -1.65. The Morgan fingerprint density at radius 2 is 2.05 bits per heavy atom. The van der Waals surface area contributed by atoms with E-state index in [-0.39, 0.29) is 5.76 Å². The van der Waals surface area contributed by atoms with Gasteiger partial charge in [-0.1, -0.05) is 23.2 Å². The summed E-state index contributed by atoms with van der Waals surface area (Å²) in [6, 6.07) is 6.68. The Morgan fingerprint density at radius 3 is 2.68 bits per heavy atom. The predicted molar refractivity (Wildman–Crippen MR) is 75.1 cm³/mol. The van der Waals surface area contributed by atoms with Gasteiger partial charge < -0.3 is 14.5 Å². The molecule has 2 aromatic rings. The molecule has 100 valence electrons. The van der Waals surface area contributed by atoms with Gasteiger partial charge in [-0.25, -0.2) is 4.79 Å². The Morgan fingerprint density at radius 1 is 1.32 bits per heavy atom. The summed E-state index contributed by atoms with van der Waals surface area (Å²) < 4.78 is 10.2. The minimum Gasteiger partial charge on any atom is -0.463 e. The first-order valence-corrected chi connectivity index (χ1v) is 6.17. The molecule has 0 aliphatic heterocycles. The lowest BCUT2D eigenvalue weighted by atomic mass is 10.1. The fraction of sp³-hybridized carbons (Fsp3) is 0.154. The number of benzene rings is 1. The maximum absolute atomic E-state index is 11.6. The number of nitrogens with one attached hydrogen (secondary N) is 1. The maximum atomic E-state index is 11.6. The van der Waals surface area contributed by atoms with Gasteiger partial charge in [0.15, 0.2) is 0 Å². The number of carbonyl (C=O) groups excluding carboxylic acids is 1. The van der Waals surface area contributed by atoms with Gasteiger partial charge in [0, 0.05) is 23.7 Å². The second-order valence-electron chi connectivity index (χ2n) is 3.72. The molecule has 0 aliphatic rings. The summed E-state index contributed by atoms with van der Waals surface area (Å²) in [5.74, 6) is -0.0259. The SMILES string of the molecule is CNc1cc(-c2cc(Cl)ccc2Cl)oc1C(=O)OC. The number of hydrogen-bond acceptors (Lipinski definition) is 4. The van der Waals surface area contributed by atoms with Gasteiger partial charge in [0.2, 0.25) is 5.76 Å². The van der Waals surface area contributed by atoms with Crippen molar-refractivity contribution in [3.05, 3.63) is 40.1 Å². The molecule has 0 unspecified atom stereocenters. The highest BCUT2D eigenvalue weighted by atomic mass is 35.5. The van der Waals surface area contributed by atoms with Gasteiger partial charge in [0.25, 0.3) is 0 Å². The molecular formula is C13H11Cl2NO3. The monoisotopic (exact) mass is 299 g/mol. The summed E-state index contributed by atoms with van der Waals surface area (Å²) in [5.41, 5.74) is 1.14. The number of anilines is 1. The minimum absolute atomic E-state index is 0.0936. The van der Waals surface area contributed by atoms with E-state index in [1.54, 1.807) is 31.3 Å². The zero-order valence-electron chi connectivity index (χ0n) is 10.3. The molecule has 1 aromatic carbocycles. The molecule has 2 rings (SSSR count). The molecule has 0 radical (unpaired) electrons. The van der Waals surface area contributed by atoms with Crippen molar-refractivity contribution < 1.29 is 13.9 Å². The largest absolute Gasteiger partial charge is 0.463 e. The van der Waals surface area contributed by atoms with E-state index in [9.17, 15) is 4.79 Å². The van der Waals surface area contributed by atoms with Gasteiger partial charge >= 0.3 is 5.97 Å². The van der Waals surface area contributed by atoms with Crippen molar-refractivity contribution in [1.29, 1.82) is 0 Å². The van der Waals surface area contributed by atoms with E-state index >= 15 is 0 Å². The van der Waals surface area contributed by atoms with Crippen LogP contribution in [0, 0.1) is 0 Å². The van der Waals surface area contributed by atoms with Crippen molar-refractivity contribution in [2.75, 3.05) is 19.5 Å². The number of halogens is 2. The fourth-order valence-corrected chi connectivity index (χ4v) is 2.02. The lowest BCUT2D eigenvalue weighted by Gasteiger charge is -2.01. The van der Waals surface area contributed by atoms with Gasteiger partial charge in [0.05, 0.1) is 17.8 Å². The van der Waals surface area contributed by atoms with Crippen LogP contribution in [0.25, 0.3) is 11.3 Å². The number of ether oxygens (including phenoxy) is 1. The maximum Gasteiger partial charge on any atom is 0.376 e. The van der Waals surface area contributed by atoms with E-state index < -0.39 is 5.97 Å². The quantitative estimate of drug-likeness (QED) is 0.868. The predicted octanol–water partition coefficient (Wildman–Crippen LogP) is 4.08. The second kappa shape index (κ2) is 5.55. The molecule has 0 bridgehead atoms. The smallest absolute Gasteiger partial charge is 0.376 e. The molecule has 0 aliphatic carbocycles. The first-order chi connectivity index (χ1) is 9.06. The van der Waals surface area contributed by atoms with E-state index in [0.717, 1.165) is 0 Å². The van der Waals surface area contributed by atoms with Gasteiger partial charge in [0.1, 0.15) is 5.76 Å². The fourth-order valence-electron chi connectivity index (χ4n) is 1.64. The highest BCUT2D eigenvalue weighted by molar-refractivity contribution is 6.35. The van der Waals surface area contributed by atoms with Gasteiger partial charge in [-0.05, 0) is 18.2 Å². The van der Waals surface area contributed by atoms with Crippen molar-refractivity contribution in [2.45, 2.75) is 0 Å². The molecule has 0 saturated heterocycles. The molecule has 4 nitrogen and oxygen atoms in total. The van der Waals surface area contributed by atoms with E-state index in [4.69, 9.17) is 27.6 Å². The topological polar surface area (TPSA) is 51.5 Å². The van der Waals surface area contributed by atoms with Crippen molar-refractivity contribution in [2.24, 2.45) is 0 Å². The highest BCUT2D eigenvalue weighted by Crippen LogP contribution is 2.35. The summed E-state index contributed by atoms with van der Waals surface area (Å²) >= 11 is 12.0. The van der Waals surface area contributed by atoms with Crippen molar-refractivity contribution in [3.8, 4) is 11.3 Å². The van der Waals surface area contributed by atoms with Crippen LogP contribution in [0.1, 0.15) is 10.6 Å². The van der Waals surface area contributed by atoms with Gasteiger partial charge in [-0.15, -0.1) is 0 Å². The van der Waals surface area contributed by atoms with Crippen LogP contribution in [0.2, 0.25) is 10.0 Å². The summed E-state index contributed by atoms with van der Waals surface area (Å²) in [4.78, 5) is 11.6. The van der Waals surface area contributed by atoms with E-state index in [0.29, 0.717) is 27.1 Å². The number of methoxy groups -OCH3 is 1. The third kappa shape index (κ3) is 2.69. The van der Waals surface area contributed by atoms with Crippen molar-refractivity contribution >= 4 is 34.9 Å². The number of rotatable bonds is 3. The first-order valence-electron chi connectivity index (χ1n) is 5.42. The Labute approximate surface area is 120 Å². The van der Waals surface area contributed by atoms with E-state index in [2.05, 4.69) is 10.1 Å². The number of esters is 1. The first kappa shape index (κ1) is 13.8. The molecule has 0 amide bonds. The van der Waals surface area contributed by atoms with Crippen LogP contribution < -0.4 is 5.32 Å². The Kier molecular flexibility index (Phi) is 4.02. The van der Waals surface area contributed by atoms with Crippen LogP contribution in [0.15, 0.2) is 28.7 Å². The van der Waals surface area contributed by atoms with Gasteiger partial charge in [-0.3, -0.25) is 0 Å². The van der Waals surface area contributed by atoms with Crippen LogP contribution in [0.3, 0.4) is 0 Å². The lowest BCUT2D eigenvalue weighted by Crippen LogP contribution is -2.02. The van der Waals surface area contributed by atoms with Crippen LogP contribution in [0.4, 0.5) is 5.69 Å². The normalized spacial score (nSPS) is 10.3. The van der Waals surface area contributed by atoms with Crippen LogP contribution in [-0.4, -0.2) is 20.1 Å². The van der Waals surface area contributed by atoms with Crippen LogP contribution in [-0.2, 0) is 4.74 Å².